The first-order valence-electron chi connectivity index (χ1n) is 20.3. The van der Waals surface area contributed by atoms with Gasteiger partial charge in [0.25, 0.3) is 0 Å². The molecule has 4 aliphatic heterocycles. The normalized spacial score (nSPS) is 58.2. The fraction of sp³-hybridized carbons (Fsp3) is 0.974. The summed E-state index contributed by atoms with van der Waals surface area (Å²) >= 11 is 0. The number of rotatable bonds is 6. The molecule has 1 spiro atoms. The molecule has 2 unspecified atom stereocenters. The van der Waals surface area contributed by atoms with Crippen LogP contribution in [0.3, 0.4) is 0 Å². The number of aliphatic hydroxyl groups excluding tert-OH is 7. The molecule has 4 heterocycles. The number of hydrogen-bond donors (Lipinski definition) is 7. The first-order valence-corrected chi connectivity index (χ1v) is 20.3. The van der Waals surface area contributed by atoms with E-state index in [1.165, 1.54) is 0 Å². The van der Waals surface area contributed by atoms with E-state index in [1.807, 2.05) is 0 Å². The van der Waals surface area contributed by atoms with Gasteiger partial charge < -0.3 is 64.2 Å². The fourth-order valence-electron chi connectivity index (χ4n) is 12.9. The second kappa shape index (κ2) is 14.2. The summed E-state index contributed by atoms with van der Waals surface area (Å²) in [6.45, 7) is 8.51. The molecule has 14 heteroatoms. The zero-order chi connectivity index (χ0) is 37.8. The monoisotopic (exact) mass is 754 g/mol. The molecule has 22 atom stereocenters. The van der Waals surface area contributed by atoms with E-state index >= 15 is 0 Å². The third-order valence-corrected chi connectivity index (χ3v) is 16.0. The van der Waals surface area contributed by atoms with Crippen molar-refractivity contribution in [1.29, 1.82) is 0 Å². The third kappa shape index (κ3) is 6.03. The Hall–Kier alpha value is -0.850. The molecule has 8 rings (SSSR count). The van der Waals surface area contributed by atoms with Gasteiger partial charge in [0.2, 0.25) is 0 Å². The maximum atomic E-state index is 14.5. The number of ketones is 1. The summed E-state index contributed by atoms with van der Waals surface area (Å²) in [7, 11) is 0. The summed E-state index contributed by atoms with van der Waals surface area (Å²) in [4.78, 5) is 14.5. The van der Waals surface area contributed by atoms with Gasteiger partial charge in [-0.3, -0.25) is 4.79 Å². The minimum Gasteiger partial charge on any atom is -0.394 e. The van der Waals surface area contributed by atoms with Gasteiger partial charge in [-0.25, -0.2) is 0 Å². The number of carbonyl (C=O) groups excluding carboxylic acids is 1. The highest BCUT2D eigenvalue weighted by molar-refractivity contribution is 5.87. The Balaban J connectivity index is 0.909. The first-order chi connectivity index (χ1) is 25.2. The van der Waals surface area contributed by atoms with E-state index in [1.54, 1.807) is 0 Å². The van der Waals surface area contributed by atoms with Gasteiger partial charge in [-0.05, 0) is 80.0 Å². The Kier molecular flexibility index (Phi) is 10.5. The minimum absolute atomic E-state index is 0.0443. The molecular weight excluding hydrogens is 692 g/mol. The Labute approximate surface area is 311 Å². The lowest BCUT2D eigenvalue weighted by molar-refractivity contribution is -0.364. The average molecular weight is 755 g/mol. The van der Waals surface area contributed by atoms with Crippen molar-refractivity contribution >= 4 is 5.78 Å². The van der Waals surface area contributed by atoms with Crippen molar-refractivity contribution in [1.82, 2.24) is 0 Å². The fourth-order valence-corrected chi connectivity index (χ4v) is 12.9. The van der Waals surface area contributed by atoms with Gasteiger partial charge in [0, 0.05) is 30.1 Å². The molecule has 0 radical (unpaired) electrons. The van der Waals surface area contributed by atoms with Crippen molar-refractivity contribution in [2.24, 2.45) is 52.3 Å². The van der Waals surface area contributed by atoms with Crippen LogP contribution in [-0.2, 0) is 33.2 Å². The van der Waals surface area contributed by atoms with Crippen molar-refractivity contribution in [3.05, 3.63) is 0 Å². The molecule has 8 aliphatic rings. The summed E-state index contributed by atoms with van der Waals surface area (Å²) < 4.78 is 36.7. The molecule has 7 N–H and O–H groups in total. The van der Waals surface area contributed by atoms with Gasteiger partial charge in [-0.1, -0.05) is 27.7 Å². The maximum Gasteiger partial charge on any atom is 0.187 e. The van der Waals surface area contributed by atoms with Crippen LogP contribution in [0, 0.1) is 52.3 Å². The Morgan fingerprint density at radius 2 is 1.47 bits per heavy atom. The molecule has 0 aromatic rings. The summed E-state index contributed by atoms with van der Waals surface area (Å²) in [5.41, 5.74) is -0.453. The summed E-state index contributed by atoms with van der Waals surface area (Å²) in [6.07, 6.45) is -7.31. The largest absolute Gasteiger partial charge is 0.394 e. The van der Waals surface area contributed by atoms with Crippen molar-refractivity contribution in [3.8, 4) is 0 Å². The molecule has 14 nitrogen and oxygen atoms in total. The lowest BCUT2D eigenvalue weighted by atomic mass is 9.44. The lowest BCUT2D eigenvalue weighted by Gasteiger charge is -2.60. The molecular formula is C39H62O14. The highest BCUT2D eigenvalue weighted by Crippen LogP contribution is 2.70. The molecule has 4 aliphatic carbocycles. The van der Waals surface area contributed by atoms with Crippen LogP contribution in [0.1, 0.15) is 85.5 Å². The molecule has 53 heavy (non-hydrogen) atoms. The zero-order valence-corrected chi connectivity index (χ0v) is 31.4. The molecule has 4 saturated carbocycles. The standard InChI is InChI=1S/C39H62O14/c1-17-7-10-39(48-16-17)18(2)28-24(53-39)12-23-21-6-5-19-11-20(8-9-37(19,3)22(21)13-27(42)38(23,28)4)49-35-33(47)31(45)34(26(15-41)51-35)52-36-32(46)30(44)29(43)25(14-40)50-36/h17-26,28-36,40-41,43-47H,5-16H2,1-4H3/t17-,18+,19?,20?,21-,22+,23+,24+,25-,26-,28+,29-,30+,31-,32-,33-,34+,35+,36-,37+,38-,39-/m1/s1. The second-order valence-corrected chi connectivity index (χ2v) is 18.6. The van der Waals surface area contributed by atoms with E-state index in [2.05, 4.69) is 27.7 Å². The molecule has 0 aromatic heterocycles. The van der Waals surface area contributed by atoms with Crippen LogP contribution in [0.15, 0.2) is 0 Å². The van der Waals surface area contributed by atoms with Crippen molar-refractivity contribution in [2.45, 2.75) is 165 Å². The van der Waals surface area contributed by atoms with Gasteiger partial charge in [0.15, 0.2) is 18.4 Å². The van der Waals surface area contributed by atoms with Crippen LogP contribution in [0.4, 0.5) is 0 Å². The molecule has 0 bridgehead atoms. The summed E-state index contributed by atoms with van der Waals surface area (Å²) in [5.74, 6) is 2.02. The van der Waals surface area contributed by atoms with E-state index in [0.717, 1.165) is 44.9 Å². The number of hydrogen-bond acceptors (Lipinski definition) is 14. The van der Waals surface area contributed by atoms with E-state index in [-0.39, 0.29) is 35.4 Å². The van der Waals surface area contributed by atoms with E-state index in [0.29, 0.717) is 48.9 Å². The van der Waals surface area contributed by atoms with Gasteiger partial charge in [-0.2, -0.15) is 0 Å². The smallest absolute Gasteiger partial charge is 0.187 e. The van der Waals surface area contributed by atoms with E-state index in [4.69, 9.17) is 28.4 Å². The van der Waals surface area contributed by atoms with Gasteiger partial charge in [-0.15, -0.1) is 0 Å². The van der Waals surface area contributed by atoms with Gasteiger partial charge >= 0.3 is 0 Å². The van der Waals surface area contributed by atoms with Crippen LogP contribution in [-0.4, -0.2) is 141 Å². The molecule has 0 aromatic carbocycles. The highest BCUT2D eigenvalue weighted by atomic mass is 16.7. The lowest BCUT2D eigenvalue weighted by Crippen LogP contribution is -2.65. The van der Waals surface area contributed by atoms with Crippen LogP contribution in [0.5, 0.6) is 0 Å². The van der Waals surface area contributed by atoms with Crippen LogP contribution >= 0.6 is 0 Å². The number of carbonyl (C=O) groups is 1. The van der Waals surface area contributed by atoms with E-state index in [9.17, 15) is 40.5 Å². The Bertz CT molecular complexity index is 1340. The minimum atomic E-state index is -1.73. The maximum absolute atomic E-state index is 14.5. The Morgan fingerprint density at radius 3 is 2.17 bits per heavy atom. The predicted octanol–water partition coefficient (Wildman–Crippen LogP) is 0.621. The quantitative estimate of drug-likeness (QED) is 0.185. The third-order valence-electron chi connectivity index (χ3n) is 16.0. The summed E-state index contributed by atoms with van der Waals surface area (Å²) in [5, 5.41) is 72.8. The second-order valence-electron chi connectivity index (χ2n) is 18.6. The van der Waals surface area contributed by atoms with Crippen LogP contribution in [0.2, 0.25) is 0 Å². The molecule has 8 fully saturated rings. The highest BCUT2D eigenvalue weighted by Gasteiger charge is 2.72. The van der Waals surface area contributed by atoms with Crippen LogP contribution < -0.4 is 0 Å². The van der Waals surface area contributed by atoms with Crippen molar-refractivity contribution < 1.29 is 69.0 Å². The molecule has 0 amide bonds. The van der Waals surface area contributed by atoms with Crippen molar-refractivity contribution in [2.75, 3.05) is 19.8 Å². The summed E-state index contributed by atoms with van der Waals surface area (Å²) in [6, 6.07) is 0. The number of Topliss-reactive ketones (excluding diaryl/α,β-unsaturated/α-hetero) is 1. The average Bonchev–Trinajstić information content (AvgIpc) is 3.59. The molecule has 302 valence electrons. The van der Waals surface area contributed by atoms with Gasteiger partial charge in [0.1, 0.15) is 54.6 Å². The SMILES string of the molecule is C[C@@H]1CC[C@@]2(OC1)O[C@H]1C[C@H]3[C@@H]4CCC5CC(O[C@H]6O[C@H](CO)[C@H](O[C@H]7O[C@H](CO)[C@@H](O)[C@H](O)[C@H]7O)[C@H](O)[C@H]6O)CC[C@]5(C)[C@H]4CC(=O)[C@]3(C)[C@H]1[C@@H]2C. The Morgan fingerprint density at radius 1 is 0.774 bits per heavy atom. The van der Waals surface area contributed by atoms with Gasteiger partial charge in [0.05, 0.1) is 32.0 Å². The number of aliphatic hydroxyl groups is 7. The van der Waals surface area contributed by atoms with Crippen LogP contribution in [0.25, 0.3) is 0 Å². The molecule has 4 saturated heterocycles. The topological polar surface area (TPSA) is 214 Å². The zero-order valence-electron chi connectivity index (χ0n) is 31.4. The first kappa shape index (κ1) is 39.0. The van der Waals surface area contributed by atoms with E-state index < -0.39 is 85.8 Å². The number of ether oxygens (including phenoxy) is 6. The van der Waals surface area contributed by atoms with Crippen molar-refractivity contribution in [3.63, 3.8) is 0 Å². The number of fused-ring (bicyclic) bond motifs is 7. The predicted molar refractivity (Wildman–Crippen MR) is 183 cm³/mol.